The third-order valence-electron chi connectivity index (χ3n) is 4.03. The van der Waals surface area contributed by atoms with Crippen molar-refractivity contribution in [2.24, 2.45) is 0 Å². The van der Waals surface area contributed by atoms with Crippen molar-refractivity contribution in [2.45, 2.75) is 6.92 Å². The predicted octanol–water partition coefficient (Wildman–Crippen LogP) is 3.89. The van der Waals surface area contributed by atoms with E-state index < -0.39 is 0 Å². The van der Waals surface area contributed by atoms with Crippen LogP contribution in [0.1, 0.15) is 16.3 Å². The number of carbonyl (C=O) groups excluding carboxylic acids is 1. The van der Waals surface area contributed by atoms with Gasteiger partial charge in [0.05, 0.1) is 11.4 Å². The largest absolute Gasteiger partial charge is 0.321 e. The fraction of sp³-hybridized carbons (Fsp3) is 0.0476. The zero-order chi connectivity index (χ0) is 18.6. The van der Waals surface area contributed by atoms with Gasteiger partial charge in [-0.1, -0.05) is 30.3 Å². The standard InChI is InChI=1S/C21H17N5O/c1-15-22-12-10-19(23-15)16-6-5-7-17(14-16)24-21(27)20-11-13-26(25-20)18-8-3-2-4-9-18/h2-14H,1H3,(H,24,27). The van der Waals surface area contributed by atoms with Crippen molar-refractivity contribution in [1.29, 1.82) is 0 Å². The molecule has 1 N–H and O–H groups in total. The van der Waals surface area contributed by atoms with Crippen LogP contribution in [0.2, 0.25) is 0 Å². The summed E-state index contributed by atoms with van der Waals surface area (Å²) in [6.45, 7) is 1.85. The lowest BCUT2D eigenvalue weighted by Crippen LogP contribution is -2.13. The summed E-state index contributed by atoms with van der Waals surface area (Å²) < 4.78 is 1.68. The maximum atomic E-state index is 12.5. The number of nitrogens with zero attached hydrogens (tertiary/aromatic N) is 4. The van der Waals surface area contributed by atoms with E-state index in [1.807, 2.05) is 67.6 Å². The van der Waals surface area contributed by atoms with Gasteiger partial charge in [-0.3, -0.25) is 4.79 Å². The minimum atomic E-state index is -0.263. The summed E-state index contributed by atoms with van der Waals surface area (Å²) in [6.07, 6.45) is 3.49. The van der Waals surface area contributed by atoms with E-state index in [9.17, 15) is 4.79 Å². The number of carbonyl (C=O) groups is 1. The highest BCUT2D eigenvalue weighted by Crippen LogP contribution is 2.21. The van der Waals surface area contributed by atoms with Gasteiger partial charge in [-0.2, -0.15) is 5.10 Å². The molecule has 2 aromatic carbocycles. The Hall–Kier alpha value is -3.80. The van der Waals surface area contributed by atoms with Crippen LogP contribution in [0.4, 0.5) is 5.69 Å². The molecule has 0 saturated heterocycles. The van der Waals surface area contributed by atoms with Crippen LogP contribution in [0.15, 0.2) is 79.1 Å². The maximum absolute atomic E-state index is 12.5. The smallest absolute Gasteiger partial charge is 0.276 e. The van der Waals surface area contributed by atoms with Gasteiger partial charge in [0.25, 0.3) is 5.91 Å². The molecule has 0 fully saturated rings. The molecule has 1 amide bonds. The summed E-state index contributed by atoms with van der Waals surface area (Å²) in [4.78, 5) is 21.1. The van der Waals surface area contributed by atoms with Crippen molar-refractivity contribution < 1.29 is 4.79 Å². The van der Waals surface area contributed by atoms with Crippen molar-refractivity contribution in [2.75, 3.05) is 5.32 Å². The van der Waals surface area contributed by atoms with Gasteiger partial charge in [0.2, 0.25) is 0 Å². The molecule has 0 unspecified atom stereocenters. The van der Waals surface area contributed by atoms with Gasteiger partial charge in [0.15, 0.2) is 5.69 Å². The Morgan fingerprint density at radius 1 is 1.00 bits per heavy atom. The van der Waals surface area contributed by atoms with E-state index in [0.29, 0.717) is 17.2 Å². The van der Waals surface area contributed by atoms with Crippen LogP contribution >= 0.6 is 0 Å². The van der Waals surface area contributed by atoms with E-state index in [-0.39, 0.29) is 5.91 Å². The lowest BCUT2D eigenvalue weighted by molar-refractivity contribution is 0.102. The minimum absolute atomic E-state index is 0.263. The average molecular weight is 355 g/mol. The van der Waals surface area contributed by atoms with Gasteiger partial charge >= 0.3 is 0 Å². The summed E-state index contributed by atoms with van der Waals surface area (Å²) in [5.74, 6) is 0.439. The second-order valence-electron chi connectivity index (χ2n) is 6.01. The third-order valence-corrected chi connectivity index (χ3v) is 4.03. The van der Waals surface area contributed by atoms with Gasteiger partial charge in [0.1, 0.15) is 5.82 Å². The van der Waals surface area contributed by atoms with E-state index in [1.165, 1.54) is 0 Å². The molecule has 0 bridgehead atoms. The molecule has 0 atom stereocenters. The number of rotatable bonds is 4. The highest BCUT2D eigenvalue weighted by molar-refractivity contribution is 6.03. The molecule has 2 aromatic heterocycles. The molecule has 0 spiro atoms. The van der Waals surface area contributed by atoms with E-state index >= 15 is 0 Å². The van der Waals surface area contributed by atoms with Crippen LogP contribution in [0, 0.1) is 6.92 Å². The lowest BCUT2D eigenvalue weighted by atomic mass is 10.1. The molecule has 6 heteroatoms. The van der Waals surface area contributed by atoms with E-state index in [1.54, 1.807) is 23.1 Å². The number of anilines is 1. The van der Waals surface area contributed by atoms with Crippen molar-refractivity contribution in [3.63, 3.8) is 0 Å². The van der Waals surface area contributed by atoms with Gasteiger partial charge in [-0.05, 0) is 43.3 Å². The summed E-state index contributed by atoms with van der Waals surface area (Å²) in [5.41, 5.74) is 3.66. The zero-order valence-electron chi connectivity index (χ0n) is 14.7. The second kappa shape index (κ2) is 7.21. The summed E-state index contributed by atoms with van der Waals surface area (Å²) >= 11 is 0. The molecule has 27 heavy (non-hydrogen) atoms. The molecule has 0 radical (unpaired) electrons. The molecule has 132 valence electrons. The monoisotopic (exact) mass is 355 g/mol. The lowest BCUT2D eigenvalue weighted by Gasteiger charge is -2.07. The number of aryl methyl sites for hydroxylation is 1. The SMILES string of the molecule is Cc1nccc(-c2cccc(NC(=O)c3ccn(-c4ccccc4)n3)c2)n1. The van der Waals surface area contributed by atoms with Gasteiger partial charge in [-0.15, -0.1) is 0 Å². The molecule has 0 aliphatic rings. The molecule has 0 aliphatic carbocycles. The Labute approximate surface area is 156 Å². The highest BCUT2D eigenvalue weighted by Gasteiger charge is 2.11. The fourth-order valence-corrected chi connectivity index (χ4v) is 2.74. The highest BCUT2D eigenvalue weighted by atomic mass is 16.1. The number of hydrogen-bond donors (Lipinski definition) is 1. The molecule has 4 aromatic rings. The van der Waals surface area contributed by atoms with E-state index in [0.717, 1.165) is 16.9 Å². The normalized spacial score (nSPS) is 10.6. The minimum Gasteiger partial charge on any atom is -0.321 e. The molecule has 4 rings (SSSR count). The number of amides is 1. The quantitative estimate of drug-likeness (QED) is 0.603. The Kier molecular flexibility index (Phi) is 4.45. The number of hydrogen-bond acceptors (Lipinski definition) is 4. The van der Waals surface area contributed by atoms with Crippen LogP contribution in [0.25, 0.3) is 16.9 Å². The maximum Gasteiger partial charge on any atom is 0.276 e. The van der Waals surface area contributed by atoms with Crippen molar-refractivity contribution in [3.05, 3.63) is 90.6 Å². The number of para-hydroxylation sites is 1. The first-order chi connectivity index (χ1) is 13.2. The first-order valence-corrected chi connectivity index (χ1v) is 8.51. The Balaban J connectivity index is 1.54. The Morgan fingerprint density at radius 3 is 2.67 bits per heavy atom. The van der Waals surface area contributed by atoms with Gasteiger partial charge in [-0.25, -0.2) is 14.6 Å². The van der Waals surface area contributed by atoms with Gasteiger partial charge in [0, 0.05) is 23.6 Å². The number of aromatic nitrogens is 4. The topological polar surface area (TPSA) is 72.7 Å². The first kappa shape index (κ1) is 16.7. The Bertz CT molecular complexity index is 1090. The Morgan fingerprint density at radius 2 is 1.85 bits per heavy atom. The van der Waals surface area contributed by atoms with Crippen LogP contribution < -0.4 is 5.32 Å². The molecular formula is C21H17N5O. The van der Waals surface area contributed by atoms with Crippen LogP contribution in [0.3, 0.4) is 0 Å². The number of benzene rings is 2. The van der Waals surface area contributed by atoms with Gasteiger partial charge < -0.3 is 5.32 Å². The molecular weight excluding hydrogens is 338 g/mol. The zero-order valence-corrected chi connectivity index (χ0v) is 14.7. The number of nitrogens with one attached hydrogen (secondary N) is 1. The van der Waals surface area contributed by atoms with Crippen LogP contribution in [-0.2, 0) is 0 Å². The van der Waals surface area contributed by atoms with Crippen LogP contribution in [0.5, 0.6) is 0 Å². The molecule has 2 heterocycles. The van der Waals surface area contributed by atoms with Crippen molar-refractivity contribution in [1.82, 2.24) is 19.7 Å². The van der Waals surface area contributed by atoms with Crippen molar-refractivity contribution >= 4 is 11.6 Å². The fourth-order valence-electron chi connectivity index (χ4n) is 2.74. The summed E-state index contributed by atoms with van der Waals surface area (Å²) in [7, 11) is 0. The van der Waals surface area contributed by atoms with E-state index in [4.69, 9.17) is 0 Å². The van der Waals surface area contributed by atoms with E-state index in [2.05, 4.69) is 20.4 Å². The summed E-state index contributed by atoms with van der Waals surface area (Å²) in [5, 5.41) is 7.24. The van der Waals surface area contributed by atoms with Crippen molar-refractivity contribution in [3.8, 4) is 16.9 Å². The third kappa shape index (κ3) is 3.74. The molecule has 6 nitrogen and oxygen atoms in total. The average Bonchev–Trinajstić information content (AvgIpc) is 3.19. The first-order valence-electron chi connectivity index (χ1n) is 8.51. The molecule has 0 aliphatic heterocycles. The predicted molar refractivity (Wildman–Crippen MR) is 104 cm³/mol. The second-order valence-corrected chi connectivity index (χ2v) is 6.01. The molecule has 0 saturated carbocycles. The van der Waals surface area contributed by atoms with Crippen LogP contribution in [-0.4, -0.2) is 25.7 Å². The summed E-state index contributed by atoms with van der Waals surface area (Å²) in [6, 6.07) is 20.7.